The van der Waals surface area contributed by atoms with Crippen molar-refractivity contribution in [3.63, 3.8) is 0 Å². The summed E-state index contributed by atoms with van der Waals surface area (Å²) < 4.78 is 0. The van der Waals surface area contributed by atoms with E-state index in [-0.39, 0.29) is 17.7 Å². The molecular weight excluding hydrogens is 266 g/mol. The van der Waals surface area contributed by atoms with Crippen LogP contribution in [0.2, 0.25) is 0 Å². The minimum absolute atomic E-state index is 0.0342. The van der Waals surface area contributed by atoms with Gasteiger partial charge in [0, 0.05) is 31.4 Å². The van der Waals surface area contributed by atoms with Crippen molar-refractivity contribution in [2.45, 2.75) is 20.3 Å². The molecule has 5 heteroatoms. The van der Waals surface area contributed by atoms with Gasteiger partial charge in [0.1, 0.15) is 0 Å². The highest BCUT2D eigenvalue weighted by Crippen LogP contribution is 2.31. The predicted molar refractivity (Wildman–Crippen MR) is 82.3 cm³/mol. The van der Waals surface area contributed by atoms with Gasteiger partial charge in [-0.1, -0.05) is 6.92 Å². The molecule has 0 bridgehead atoms. The van der Waals surface area contributed by atoms with E-state index in [1.165, 1.54) is 0 Å². The molecule has 2 heterocycles. The minimum atomic E-state index is 0.0342. The fourth-order valence-corrected chi connectivity index (χ4v) is 3.20. The highest BCUT2D eigenvalue weighted by Gasteiger charge is 2.30. The van der Waals surface area contributed by atoms with Crippen molar-refractivity contribution in [1.82, 2.24) is 5.32 Å². The minimum Gasteiger partial charge on any atom is -0.326 e. The van der Waals surface area contributed by atoms with Gasteiger partial charge in [0.2, 0.25) is 11.8 Å². The number of carbonyl (C=O) groups is 2. The van der Waals surface area contributed by atoms with Crippen molar-refractivity contribution in [3.05, 3.63) is 23.8 Å². The van der Waals surface area contributed by atoms with Crippen LogP contribution in [-0.2, 0) is 16.0 Å². The molecule has 1 aromatic carbocycles. The second-order valence-corrected chi connectivity index (χ2v) is 6.00. The average molecular weight is 287 g/mol. The summed E-state index contributed by atoms with van der Waals surface area (Å²) in [5, 5.41) is 6.25. The second kappa shape index (κ2) is 5.48. The van der Waals surface area contributed by atoms with Gasteiger partial charge >= 0.3 is 0 Å². The van der Waals surface area contributed by atoms with Crippen LogP contribution >= 0.6 is 0 Å². The number of benzene rings is 1. The van der Waals surface area contributed by atoms with Crippen LogP contribution in [0.1, 0.15) is 19.4 Å². The standard InChI is InChI=1S/C16H21N3O2/c1-10-8-17-9-14(10)16(21)18-13-3-4-15-12(7-13)5-6-19(15)11(2)20/h3-4,7,10,14,17H,5-6,8-9H2,1-2H3,(H,18,21)/t10-,14-/m1/s1. The van der Waals surface area contributed by atoms with E-state index < -0.39 is 0 Å². The Balaban J connectivity index is 1.73. The summed E-state index contributed by atoms with van der Waals surface area (Å²) in [7, 11) is 0. The summed E-state index contributed by atoms with van der Waals surface area (Å²) in [6.45, 7) is 6.05. The average Bonchev–Trinajstić information content (AvgIpc) is 3.04. The molecule has 2 atom stereocenters. The topological polar surface area (TPSA) is 61.4 Å². The number of amides is 2. The Bertz CT molecular complexity index is 585. The normalized spacial score (nSPS) is 24.0. The number of hydrogen-bond donors (Lipinski definition) is 2. The number of anilines is 2. The zero-order chi connectivity index (χ0) is 15.0. The molecule has 5 nitrogen and oxygen atoms in total. The monoisotopic (exact) mass is 287 g/mol. The summed E-state index contributed by atoms with van der Waals surface area (Å²) in [6, 6.07) is 5.80. The Hall–Kier alpha value is -1.88. The van der Waals surface area contributed by atoms with Crippen LogP contribution in [-0.4, -0.2) is 31.4 Å². The van der Waals surface area contributed by atoms with Gasteiger partial charge in [0.05, 0.1) is 5.92 Å². The van der Waals surface area contributed by atoms with E-state index in [9.17, 15) is 9.59 Å². The van der Waals surface area contributed by atoms with Crippen LogP contribution in [0.5, 0.6) is 0 Å². The summed E-state index contributed by atoms with van der Waals surface area (Å²) in [5.41, 5.74) is 2.92. The Kier molecular flexibility index (Phi) is 3.68. The maximum Gasteiger partial charge on any atom is 0.229 e. The SMILES string of the molecule is CC(=O)N1CCc2cc(NC(=O)[C@@H]3CNC[C@H]3C)ccc21. The van der Waals surface area contributed by atoms with Crippen molar-refractivity contribution in [2.24, 2.45) is 11.8 Å². The molecule has 2 amide bonds. The van der Waals surface area contributed by atoms with Gasteiger partial charge in [0.15, 0.2) is 0 Å². The number of nitrogens with zero attached hydrogens (tertiary/aromatic N) is 1. The zero-order valence-corrected chi connectivity index (χ0v) is 12.5. The van der Waals surface area contributed by atoms with Crippen molar-refractivity contribution in [1.29, 1.82) is 0 Å². The lowest BCUT2D eigenvalue weighted by Crippen LogP contribution is -2.28. The quantitative estimate of drug-likeness (QED) is 0.864. The van der Waals surface area contributed by atoms with Crippen molar-refractivity contribution < 1.29 is 9.59 Å². The van der Waals surface area contributed by atoms with E-state index in [0.29, 0.717) is 5.92 Å². The number of fused-ring (bicyclic) bond motifs is 1. The maximum absolute atomic E-state index is 12.3. The molecule has 0 aromatic heterocycles. The van der Waals surface area contributed by atoms with E-state index in [1.54, 1.807) is 11.8 Å². The van der Waals surface area contributed by atoms with Crippen LogP contribution in [0.15, 0.2) is 18.2 Å². The molecule has 21 heavy (non-hydrogen) atoms. The molecular formula is C16H21N3O2. The second-order valence-electron chi connectivity index (χ2n) is 6.00. The molecule has 2 N–H and O–H groups in total. The Labute approximate surface area is 124 Å². The summed E-state index contributed by atoms with van der Waals surface area (Å²) in [6.07, 6.45) is 0.847. The molecule has 0 radical (unpaired) electrons. The van der Waals surface area contributed by atoms with Gasteiger partial charge in [-0.05, 0) is 42.6 Å². The molecule has 2 aliphatic heterocycles. The number of rotatable bonds is 2. The molecule has 0 saturated carbocycles. The van der Waals surface area contributed by atoms with Crippen LogP contribution in [0.3, 0.4) is 0 Å². The highest BCUT2D eigenvalue weighted by molar-refractivity contribution is 5.96. The molecule has 0 unspecified atom stereocenters. The molecule has 1 saturated heterocycles. The molecule has 0 aliphatic carbocycles. The molecule has 112 valence electrons. The predicted octanol–water partition coefficient (Wildman–Crippen LogP) is 1.39. The third kappa shape index (κ3) is 2.65. The first-order chi connectivity index (χ1) is 10.1. The number of nitrogens with one attached hydrogen (secondary N) is 2. The van der Waals surface area contributed by atoms with Crippen molar-refractivity contribution >= 4 is 23.2 Å². The van der Waals surface area contributed by atoms with E-state index in [2.05, 4.69) is 17.6 Å². The van der Waals surface area contributed by atoms with Crippen LogP contribution in [0.4, 0.5) is 11.4 Å². The maximum atomic E-state index is 12.3. The van der Waals surface area contributed by atoms with Gasteiger partial charge in [-0.25, -0.2) is 0 Å². The van der Waals surface area contributed by atoms with E-state index in [4.69, 9.17) is 0 Å². The lowest BCUT2D eigenvalue weighted by atomic mass is 9.97. The van der Waals surface area contributed by atoms with Crippen molar-refractivity contribution in [3.8, 4) is 0 Å². The van der Waals surface area contributed by atoms with Crippen LogP contribution < -0.4 is 15.5 Å². The van der Waals surface area contributed by atoms with E-state index in [0.717, 1.165) is 43.0 Å². The molecule has 2 aliphatic rings. The molecule has 1 aromatic rings. The Morgan fingerprint density at radius 3 is 2.81 bits per heavy atom. The third-order valence-corrected chi connectivity index (χ3v) is 4.48. The van der Waals surface area contributed by atoms with Crippen molar-refractivity contribution in [2.75, 3.05) is 29.9 Å². The lowest BCUT2D eigenvalue weighted by Gasteiger charge is -2.16. The summed E-state index contributed by atoms with van der Waals surface area (Å²) in [5.74, 6) is 0.546. The summed E-state index contributed by atoms with van der Waals surface area (Å²) >= 11 is 0. The Morgan fingerprint density at radius 2 is 2.14 bits per heavy atom. The van der Waals surface area contributed by atoms with Gasteiger partial charge in [-0.15, -0.1) is 0 Å². The number of hydrogen-bond acceptors (Lipinski definition) is 3. The van der Waals surface area contributed by atoms with E-state index >= 15 is 0 Å². The molecule has 3 rings (SSSR count). The molecule has 0 spiro atoms. The van der Waals surface area contributed by atoms with Gasteiger partial charge in [-0.2, -0.15) is 0 Å². The van der Waals surface area contributed by atoms with E-state index in [1.807, 2.05) is 18.2 Å². The first-order valence-electron chi connectivity index (χ1n) is 7.49. The highest BCUT2D eigenvalue weighted by atomic mass is 16.2. The lowest BCUT2D eigenvalue weighted by molar-refractivity contribution is -0.120. The fourth-order valence-electron chi connectivity index (χ4n) is 3.20. The summed E-state index contributed by atoms with van der Waals surface area (Å²) in [4.78, 5) is 25.6. The molecule has 1 fully saturated rings. The first-order valence-corrected chi connectivity index (χ1v) is 7.49. The van der Waals surface area contributed by atoms with Gasteiger partial charge in [0.25, 0.3) is 0 Å². The first kappa shape index (κ1) is 14.1. The smallest absolute Gasteiger partial charge is 0.229 e. The van der Waals surface area contributed by atoms with Gasteiger partial charge in [-0.3, -0.25) is 9.59 Å². The van der Waals surface area contributed by atoms with Crippen LogP contribution in [0.25, 0.3) is 0 Å². The van der Waals surface area contributed by atoms with Gasteiger partial charge < -0.3 is 15.5 Å². The Morgan fingerprint density at radius 1 is 1.33 bits per heavy atom. The zero-order valence-electron chi connectivity index (χ0n) is 12.5. The fraction of sp³-hybridized carbons (Fsp3) is 0.500. The number of carbonyl (C=O) groups excluding carboxylic acids is 2. The van der Waals surface area contributed by atoms with Crippen LogP contribution in [0, 0.1) is 11.8 Å². The largest absolute Gasteiger partial charge is 0.326 e. The third-order valence-electron chi connectivity index (χ3n) is 4.48.